The van der Waals surface area contributed by atoms with Crippen LogP contribution in [0, 0.1) is 0 Å². The van der Waals surface area contributed by atoms with Gasteiger partial charge in [0.1, 0.15) is 0 Å². The van der Waals surface area contributed by atoms with E-state index in [0.717, 1.165) is 12.8 Å². The minimum Gasteiger partial charge on any atom is -0.229 e. The molecule has 0 bridgehead atoms. The second kappa shape index (κ2) is 6.34. The van der Waals surface area contributed by atoms with Crippen molar-refractivity contribution >= 4 is 19.9 Å². The van der Waals surface area contributed by atoms with Crippen molar-refractivity contribution in [2.75, 3.05) is 23.8 Å². The molecule has 1 fully saturated rings. The summed E-state index contributed by atoms with van der Waals surface area (Å²) in [6.45, 7) is 4.26. The van der Waals surface area contributed by atoms with Gasteiger partial charge in [-0.15, -0.1) is 0 Å². The summed E-state index contributed by atoms with van der Waals surface area (Å²) in [5.41, 5.74) is 0. The zero-order chi connectivity index (χ0) is 13.8. The lowest BCUT2D eigenvalue weighted by Gasteiger charge is -2.27. The minimum atomic E-state index is -3.31. The van der Waals surface area contributed by atoms with Crippen LogP contribution in [0.2, 0.25) is 0 Å². The van der Waals surface area contributed by atoms with Gasteiger partial charge in [-0.25, -0.2) is 16.8 Å². The molecule has 0 aliphatic carbocycles. The van der Waals surface area contributed by atoms with Gasteiger partial charge in [0.05, 0.1) is 17.3 Å². The summed E-state index contributed by atoms with van der Waals surface area (Å²) in [4.78, 5) is 0. The van der Waals surface area contributed by atoms with Gasteiger partial charge >= 0.3 is 0 Å². The maximum absolute atomic E-state index is 12.2. The third kappa shape index (κ3) is 4.20. The second-order valence-corrected chi connectivity index (χ2v) is 9.11. The first-order valence-electron chi connectivity index (χ1n) is 6.52. The molecule has 1 rings (SSSR count). The van der Waals surface area contributed by atoms with Crippen LogP contribution in [-0.2, 0) is 19.9 Å². The van der Waals surface area contributed by atoms with Gasteiger partial charge in [-0.1, -0.05) is 20.3 Å². The summed E-state index contributed by atoms with van der Waals surface area (Å²) >= 11 is 0. The maximum Gasteiger partial charge on any atom is 0.214 e. The van der Waals surface area contributed by atoms with E-state index < -0.39 is 19.9 Å². The van der Waals surface area contributed by atoms with E-state index in [1.165, 1.54) is 4.31 Å². The van der Waals surface area contributed by atoms with E-state index in [-0.39, 0.29) is 23.3 Å². The molecule has 7 heteroatoms. The van der Waals surface area contributed by atoms with Crippen molar-refractivity contribution in [2.24, 2.45) is 0 Å². The molecule has 1 atom stereocenters. The Morgan fingerprint density at radius 1 is 1.22 bits per heavy atom. The third-order valence-electron chi connectivity index (χ3n) is 3.17. The molecule has 0 radical (unpaired) electrons. The van der Waals surface area contributed by atoms with Crippen molar-refractivity contribution in [3.8, 4) is 0 Å². The molecule has 1 aliphatic rings. The topological polar surface area (TPSA) is 71.5 Å². The van der Waals surface area contributed by atoms with Crippen LogP contribution in [0.4, 0.5) is 0 Å². The van der Waals surface area contributed by atoms with Crippen LogP contribution in [-0.4, -0.2) is 51.0 Å². The summed E-state index contributed by atoms with van der Waals surface area (Å²) in [6.07, 6.45) is 2.68. The van der Waals surface area contributed by atoms with Crippen molar-refractivity contribution < 1.29 is 16.8 Å². The normalized spacial score (nSPS) is 23.6. The Labute approximate surface area is 111 Å². The highest BCUT2D eigenvalue weighted by Crippen LogP contribution is 2.21. The first-order valence-corrected chi connectivity index (χ1v) is 9.95. The molecule has 1 heterocycles. The van der Waals surface area contributed by atoms with Gasteiger partial charge in [0.2, 0.25) is 10.0 Å². The highest BCUT2D eigenvalue weighted by atomic mass is 32.2. The van der Waals surface area contributed by atoms with Gasteiger partial charge in [-0.3, -0.25) is 0 Å². The number of hydrogen-bond acceptors (Lipinski definition) is 4. The molecule has 1 aliphatic heterocycles. The van der Waals surface area contributed by atoms with E-state index in [0.29, 0.717) is 19.4 Å². The Balaban J connectivity index is 2.85. The molecule has 5 nitrogen and oxygen atoms in total. The highest BCUT2D eigenvalue weighted by Gasteiger charge is 2.37. The summed E-state index contributed by atoms with van der Waals surface area (Å²) in [6, 6.07) is -0.349. The molecule has 1 saturated heterocycles. The van der Waals surface area contributed by atoms with Crippen LogP contribution < -0.4 is 0 Å². The van der Waals surface area contributed by atoms with E-state index >= 15 is 0 Å². The number of nitrogens with zero attached hydrogens (tertiary/aromatic N) is 1. The molecule has 1 unspecified atom stereocenters. The van der Waals surface area contributed by atoms with Crippen LogP contribution in [0.15, 0.2) is 0 Å². The van der Waals surface area contributed by atoms with Crippen molar-refractivity contribution in [2.45, 2.75) is 45.6 Å². The van der Waals surface area contributed by atoms with E-state index in [9.17, 15) is 16.8 Å². The Morgan fingerprint density at radius 2 is 1.89 bits per heavy atom. The average Bonchev–Trinajstić information content (AvgIpc) is 2.59. The lowest BCUT2D eigenvalue weighted by atomic mass is 10.2. The molecule has 0 N–H and O–H groups in total. The van der Waals surface area contributed by atoms with Crippen LogP contribution in [0.5, 0.6) is 0 Å². The zero-order valence-electron chi connectivity index (χ0n) is 11.1. The highest BCUT2D eigenvalue weighted by molar-refractivity contribution is 7.92. The fourth-order valence-corrected chi connectivity index (χ4v) is 5.86. The van der Waals surface area contributed by atoms with Gasteiger partial charge in [-0.05, 0) is 19.3 Å². The number of sulfonamides is 1. The molecular weight excluding hydrogens is 274 g/mol. The summed E-state index contributed by atoms with van der Waals surface area (Å²) in [5, 5.41) is 0. The molecule has 0 saturated carbocycles. The Morgan fingerprint density at radius 3 is 2.33 bits per heavy atom. The van der Waals surface area contributed by atoms with Crippen molar-refractivity contribution in [1.82, 2.24) is 4.31 Å². The van der Waals surface area contributed by atoms with Crippen LogP contribution in [0.3, 0.4) is 0 Å². The maximum atomic E-state index is 12.2. The lowest BCUT2D eigenvalue weighted by molar-refractivity contribution is 0.335. The van der Waals surface area contributed by atoms with E-state index in [4.69, 9.17) is 0 Å². The van der Waals surface area contributed by atoms with Crippen molar-refractivity contribution in [1.29, 1.82) is 0 Å². The SMILES string of the molecule is CCCCN(C1CCS(=O)(=O)C1)S(=O)(=O)CCC. The molecule has 0 spiro atoms. The van der Waals surface area contributed by atoms with E-state index in [1.54, 1.807) is 0 Å². The summed E-state index contributed by atoms with van der Waals surface area (Å²) in [7, 11) is -6.36. The largest absolute Gasteiger partial charge is 0.229 e. The monoisotopic (exact) mass is 297 g/mol. The van der Waals surface area contributed by atoms with E-state index in [1.807, 2.05) is 13.8 Å². The van der Waals surface area contributed by atoms with Crippen LogP contribution in [0.1, 0.15) is 39.5 Å². The molecular formula is C11H23NO4S2. The minimum absolute atomic E-state index is 0.0142. The third-order valence-corrected chi connectivity index (χ3v) is 7.04. The quantitative estimate of drug-likeness (QED) is 0.703. The second-order valence-electron chi connectivity index (χ2n) is 4.84. The fourth-order valence-electron chi connectivity index (χ4n) is 2.24. The zero-order valence-corrected chi connectivity index (χ0v) is 12.8. The molecule has 0 aromatic heterocycles. The smallest absolute Gasteiger partial charge is 0.214 e. The van der Waals surface area contributed by atoms with E-state index in [2.05, 4.69) is 0 Å². The van der Waals surface area contributed by atoms with Crippen molar-refractivity contribution in [3.63, 3.8) is 0 Å². The predicted octanol–water partition coefficient (Wildman–Crippen LogP) is 1.02. The van der Waals surface area contributed by atoms with Crippen LogP contribution in [0.25, 0.3) is 0 Å². The van der Waals surface area contributed by atoms with Crippen LogP contribution >= 0.6 is 0 Å². The van der Waals surface area contributed by atoms with Gasteiger partial charge in [0, 0.05) is 12.6 Å². The molecule has 18 heavy (non-hydrogen) atoms. The van der Waals surface area contributed by atoms with Gasteiger partial charge in [0.25, 0.3) is 0 Å². The van der Waals surface area contributed by atoms with Gasteiger partial charge in [0.15, 0.2) is 9.84 Å². The standard InChI is InChI=1S/C11H23NO4S2/c1-3-5-7-12(18(15,16)8-4-2)11-6-9-17(13,14)10-11/h11H,3-10H2,1-2H3. The molecule has 108 valence electrons. The number of unbranched alkanes of at least 4 members (excludes halogenated alkanes) is 1. The van der Waals surface area contributed by atoms with Crippen molar-refractivity contribution in [3.05, 3.63) is 0 Å². The molecule has 0 aromatic carbocycles. The Bertz CT molecular complexity index is 455. The first kappa shape index (κ1) is 15.9. The lowest BCUT2D eigenvalue weighted by Crippen LogP contribution is -2.42. The van der Waals surface area contributed by atoms with Gasteiger partial charge < -0.3 is 0 Å². The Kier molecular flexibility index (Phi) is 5.61. The first-order chi connectivity index (χ1) is 8.32. The number of rotatable bonds is 7. The van der Waals surface area contributed by atoms with Gasteiger partial charge in [-0.2, -0.15) is 4.31 Å². The summed E-state index contributed by atoms with van der Waals surface area (Å²) in [5.74, 6) is 0.203. The fraction of sp³-hybridized carbons (Fsp3) is 1.00. The average molecular weight is 297 g/mol. The molecule has 0 amide bonds. The summed E-state index contributed by atoms with van der Waals surface area (Å²) < 4.78 is 48.7. The number of hydrogen-bond donors (Lipinski definition) is 0. The Hall–Kier alpha value is -0.140. The molecule has 0 aromatic rings. The predicted molar refractivity (Wildman–Crippen MR) is 72.8 cm³/mol. The number of sulfone groups is 1.